The Kier molecular flexibility index (Phi) is 4.82. The first-order valence-electron chi connectivity index (χ1n) is 5.52. The number of benzene rings is 1. The lowest BCUT2D eigenvalue weighted by Gasteiger charge is -2.15. The van der Waals surface area contributed by atoms with Crippen molar-refractivity contribution in [1.29, 1.82) is 0 Å². The van der Waals surface area contributed by atoms with Gasteiger partial charge in [0.05, 0.1) is 6.04 Å². The number of thioether (sulfide) groups is 1. The van der Waals surface area contributed by atoms with Crippen LogP contribution in [0.15, 0.2) is 46.0 Å². The molecule has 2 rings (SSSR count). The van der Waals surface area contributed by atoms with Gasteiger partial charge in [0.15, 0.2) is 0 Å². The fourth-order valence-electron chi connectivity index (χ4n) is 1.62. The highest BCUT2D eigenvalue weighted by Crippen LogP contribution is 2.24. The van der Waals surface area contributed by atoms with E-state index in [0.717, 1.165) is 16.0 Å². The van der Waals surface area contributed by atoms with Crippen molar-refractivity contribution in [3.63, 3.8) is 0 Å². The quantitative estimate of drug-likeness (QED) is 0.503. The number of hydrazine groups is 1. The van der Waals surface area contributed by atoms with Gasteiger partial charge in [-0.2, -0.15) is 0 Å². The molecule has 96 valence electrons. The highest BCUT2D eigenvalue weighted by molar-refractivity contribution is 9.10. The van der Waals surface area contributed by atoms with Gasteiger partial charge in [0.2, 0.25) is 0 Å². The number of aromatic nitrogens is 2. The number of aryl methyl sites for hydroxylation is 1. The normalized spacial score (nSPS) is 12.6. The summed E-state index contributed by atoms with van der Waals surface area (Å²) < 4.78 is 3.07. The van der Waals surface area contributed by atoms with E-state index < -0.39 is 0 Å². The molecule has 2 aromatic rings. The molecule has 0 aliphatic heterocycles. The van der Waals surface area contributed by atoms with Crippen LogP contribution >= 0.6 is 27.7 Å². The maximum absolute atomic E-state index is 5.60. The second kappa shape index (κ2) is 6.38. The Morgan fingerprint density at radius 2 is 2.17 bits per heavy atom. The van der Waals surface area contributed by atoms with Crippen LogP contribution in [0.3, 0.4) is 0 Å². The van der Waals surface area contributed by atoms with Gasteiger partial charge in [-0.25, -0.2) is 10.4 Å². The van der Waals surface area contributed by atoms with Crippen molar-refractivity contribution in [1.82, 2.24) is 15.0 Å². The average molecular weight is 327 g/mol. The Hall–Kier alpha value is -0.820. The van der Waals surface area contributed by atoms with E-state index in [1.165, 1.54) is 4.90 Å². The molecule has 6 heteroatoms. The van der Waals surface area contributed by atoms with E-state index in [0.29, 0.717) is 0 Å². The third-order valence-corrected chi connectivity index (χ3v) is 4.24. The molecule has 18 heavy (non-hydrogen) atoms. The summed E-state index contributed by atoms with van der Waals surface area (Å²) in [6, 6.07) is 8.28. The van der Waals surface area contributed by atoms with Crippen molar-refractivity contribution in [2.45, 2.75) is 10.9 Å². The standard InChI is InChI=1S/C12H15BrN4S/c1-17-7-6-15-12(17)11(16-14)8-18-10-4-2-9(13)3-5-10/h2-7,11,16H,8,14H2,1H3. The zero-order valence-electron chi connectivity index (χ0n) is 10.0. The molecule has 1 aromatic carbocycles. The topological polar surface area (TPSA) is 55.9 Å². The van der Waals surface area contributed by atoms with Gasteiger partial charge in [-0.1, -0.05) is 15.9 Å². The number of rotatable bonds is 5. The summed E-state index contributed by atoms with van der Waals surface area (Å²) in [6.45, 7) is 0. The fourth-order valence-corrected chi connectivity index (χ4v) is 2.82. The summed E-state index contributed by atoms with van der Waals surface area (Å²) in [4.78, 5) is 5.53. The first-order chi connectivity index (χ1) is 8.70. The van der Waals surface area contributed by atoms with Crippen LogP contribution in [-0.4, -0.2) is 15.3 Å². The van der Waals surface area contributed by atoms with Crippen LogP contribution in [0.25, 0.3) is 0 Å². The Morgan fingerprint density at radius 3 is 2.72 bits per heavy atom. The Bertz CT molecular complexity index is 497. The van der Waals surface area contributed by atoms with Gasteiger partial charge in [0.25, 0.3) is 0 Å². The van der Waals surface area contributed by atoms with E-state index in [1.54, 1.807) is 18.0 Å². The van der Waals surface area contributed by atoms with Gasteiger partial charge in [-0.3, -0.25) is 5.84 Å². The molecule has 1 atom stereocenters. The molecule has 1 aromatic heterocycles. The lowest BCUT2D eigenvalue weighted by atomic mass is 10.3. The minimum Gasteiger partial charge on any atom is -0.337 e. The number of hydrogen-bond donors (Lipinski definition) is 2. The molecule has 0 saturated carbocycles. The number of nitrogens with two attached hydrogens (primary N) is 1. The van der Waals surface area contributed by atoms with Crippen LogP contribution in [0.5, 0.6) is 0 Å². The predicted octanol–water partition coefficient (Wildman–Crippen LogP) is 2.48. The first-order valence-corrected chi connectivity index (χ1v) is 7.30. The van der Waals surface area contributed by atoms with Gasteiger partial charge in [-0.05, 0) is 24.3 Å². The highest BCUT2D eigenvalue weighted by atomic mass is 79.9. The third kappa shape index (κ3) is 3.35. The smallest absolute Gasteiger partial charge is 0.127 e. The maximum atomic E-state index is 5.60. The first kappa shape index (κ1) is 13.6. The Balaban J connectivity index is 2.00. The predicted molar refractivity (Wildman–Crippen MR) is 78.1 cm³/mol. The second-order valence-electron chi connectivity index (χ2n) is 3.88. The molecule has 0 fully saturated rings. The largest absolute Gasteiger partial charge is 0.337 e. The zero-order chi connectivity index (χ0) is 13.0. The number of imidazole rings is 1. The minimum atomic E-state index is 0.0404. The van der Waals surface area contributed by atoms with E-state index >= 15 is 0 Å². The van der Waals surface area contributed by atoms with Gasteiger partial charge >= 0.3 is 0 Å². The summed E-state index contributed by atoms with van der Waals surface area (Å²) in [6.07, 6.45) is 3.70. The molecule has 0 aliphatic carbocycles. The molecule has 1 unspecified atom stereocenters. The van der Waals surface area contributed by atoms with E-state index in [1.807, 2.05) is 29.9 Å². The van der Waals surface area contributed by atoms with Crippen LogP contribution in [0.4, 0.5) is 0 Å². The Morgan fingerprint density at radius 1 is 1.44 bits per heavy atom. The van der Waals surface area contributed by atoms with Crippen LogP contribution in [-0.2, 0) is 7.05 Å². The maximum Gasteiger partial charge on any atom is 0.127 e. The molecule has 0 radical (unpaired) electrons. The summed E-state index contributed by atoms with van der Waals surface area (Å²) in [7, 11) is 1.97. The Labute approximate surface area is 119 Å². The lowest BCUT2D eigenvalue weighted by Crippen LogP contribution is -2.31. The van der Waals surface area contributed by atoms with E-state index in [2.05, 4.69) is 38.5 Å². The van der Waals surface area contributed by atoms with Crippen molar-refractivity contribution in [2.75, 3.05) is 5.75 Å². The van der Waals surface area contributed by atoms with Gasteiger partial charge in [0.1, 0.15) is 5.82 Å². The van der Waals surface area contributed by atoms with E-state index in [-0.39, 0.29) is 6.04 Å². The van der Waals surface area contributed by atoms with Crippen LogP contribution in [0.2, 0.25) is 0 Å². The second-order valence-corrected chi connectivity index (χ2v) is 5.89. The zero-order valence-corrected chi connectivity index (χ0v) is 12.4. The summed E-state index contributed by atoms with van der Waals surface area (Å²) in [5.74, 6) is 7.38. The van der Waals surface area contributed by atoms with Crippen LogP contribution in [0, 0.1) is 0 Å². The molecular formula is C12H15BrN4S. The molecule has 1 heterocycles. The molecule has 0 saturated heterocycles. The molecule has 0 spiro atoms. The molecule has 4 nitrogen and oxygen atoms in total. The fraction of sp³-hybridized carbons (Fsp3) is 0.250. The molecule has 0 amide bonds. The molecule has 3 N–H and O–H groups in total. The SMILES string of the molecule is Cn1ccnc1C(CSc1ccc(Br)cc1)NN. The van der Waals surface area contributed by atoms with Crippen molar-refractivity contribution in [3.05, 3.63) is 47.0 Å². The lowest BCUT2D eigenvalue weighted by molar-refractivity contribution is 0.557. The summed E-state index contributed by atoms with van der Waals surface area (Å²) >= 11 is 5.18. The average Bonchev–Trinajstić information content (AvgIpc) is 2.79. The number of hydrogen-bond acceptors (Lipinski definition) is 4. The van der Waals surface area contributed by atoms with E-state index in [9.17, 15) is 0 Å². The monoisotopic (exact) mass is 326 g/mol. The third-order valence-electron chi connectivity index (χ3n) is 2.60. The summed E-state index contributed by atoms with van der Waals surface area (Å²) in [5, 5.41) is 0. The van der Waals surface area contributed by atoms with Gasteiger partial charge < -0.3 is 4.57 Å². The van der Waals surface area contributed by atoms with E-state index in [4.69, 9.17) is 5.84 Å². The number of nitrogens with one attached hydrogen (secondary N) is 1. The van der Waals surface area contributed by atoms with Crippen molar-refractivity contribution in [3.8, 4) is 0 Å². The number of nitrogens with zero attached hydrogens (tertiary/aromatic N) is 2. The van der Waals surface area contributed by atoms with Crippen LogP contribution in [0.1, 0.15) is 11.9 Å². The van der Waals surface area contributed by atoms with Crippen LogP contribution < -0.4 is 11.3 Å². The molecule has 0 aliphatic rings. The van der Waals surface area contributed by atoms with Gasteiger partial charge in [-0.15, -0.1) is 11.8 Å². The molecule has 0 bridgehead atoms. The van der Waals surface area contributed by atoms with Crippen molar-refractivity contribution >= 4 is 27.7 Å². The highest BCUT2D eigenvalue weighted by Gasteiger charge is 2.14. The van der Waals surface area contributed by atoms with Crippen molar-refractivity contribution < 1.29 is 0 Å². The molecular weight excluding hydrogens is 312 g/mol. The van der Waals surface area contributed by atoms with Crippen molar-refractivity contribution in [2.24, 2.45) is 12.9 Å². The minimum absolute atomic E-state index is 0.0404. The summed E-state index contributed by atoms with van der Waals surface area (Å²) in [5.41, 5.74) is 2.81. The number of halogens is 1. The van der Waals surface area contributed by atoms with Gasteiger partial charge in [0, 0.05) is 34.6 Å².